The number of aromatic amines is 1. The molecule has 8 nitrogen and oxygen atoms in total. The van der Waals surface area contributed by atoms with E-state index in [0.717, 1.165) is 27.8 Å². The molecule has 0 saturated heterocycles. The van der Waals surface area contributed by atoms with Gasteiger partial charge in [-0.15, -0.1) is 0 Å². The fourth-order valence-electron chi connectivity index (χ4n) is 3.83. The van der Waals surface area contributed by atoms with Crippen molar-refractivity contribution in [3.8, 4) is 5.75 Å². The highest BCUT2D eigenvalue weighted by atomic mass is 16.5. The van der Waals surface area contributed by atoms with Crippen LogP contribution < -0.4 is 4.74 Å². The van der Waals surface area contributed by atoms with Crippen LogP contribution in [0.4, 0.5) is 4.79 Å². The first-order valence-electron chi connectivity index (χ1n) is 11.3. The number of urea groups is 1. The number of nitrogens with one attached hydrogen (secondary N) is 1. The number of H-pyrrole nitrogens is 1. The summed E-state index contributed by atoms with van der Waals surface area (Å²) in [7, 11) is 6.57. The summed E-state index contributed by atoms with van der Waals surface area (Å²) in [5.74, 6) is 0.657. The molecule has 8 heteroatoms. The molecule has 0 saturated carbocycles. The summed E-state index contributed by atoms with van der Waals surface area (Å²) in [6.07, 6.45) is 2.70. The van der Waals surface area contributed by atoms with Gasteiger partial charge in [-0.3, -0.25) is 4.79 Å². The van der Waals surface area contributed by atoms with Gasteiger partial charge in [-0.2, -0.15) is 0 Å². The number of aromatic nitrogens is 1. The quantitative estimate of drug-likeness (QED) is 0.470. The van der Waals surface area contributed by atoms with E-state index in [-0.39, 0.29) is 18.5 Å². The summed E-state index contributed by atoms with van der Waals surface area (Å²) >= 11 is 0. The second kappa shape index (κ2) is 12.1. The van der Waals surface area contributed by atoms with Gasteiger partial charge >= 0.3 is 6.03 Å². The minimum absolute atomic E-state index is 0.00951. The first kappa shape index (κ1) is 25.1. The molecule has 3 amide bonds. The van der Waals surface area contributed by atoms with Crippen LogP contribution in [0.3, 0.4) is 0 Å². The molecular formula is C26H34N4O4. The Hall–Kier alpha value is -3.52. The van der Waals surface area contributed by atoms with Gasteiger partial charge in [0, 0.05) is 57.9 Å². The lowest BCUT2D eigenvalue weighted by Crippen LogP contribution is -2.47. The average Bonchev–Trinajstić information content (AvgIpc) is 3.27. The molecule has 0 radical (unpaired) electrons. The molecule has 3 aromatic rings. The highest BCUT2D eigenvalue weighted by Gasteiger charge is 2.23. The molecule has 0 aliphatic rings. The van der Waals surface area contributed by atoms with E-state index in [1.165, 1.54) is 9.80 Å². The van der Waals surface area contributed by atoms with E-state index in [4.69, 9.17) is 9.47 Å². The number of fused-ring (bicyclic) bond motifs is 1. The summed E-state index contributed by atoms with van der Waals surface area (Å²) in [6.45, 7) is 1.67. The zero-order valence-corrected chi connectivity index (χ0v) is 20.4. The highest BCUT2D eigenvalue weighted by molar-refractivity contribution is 5.85. The van der Waals surface area contributed by atoms with Crippen molar-refractivity contribution < 1.29 is 19.1 Å². The van der Waals surface area contributed by atoms with Crippen molar-refractivity contribution in [1.29, 1.82) is 0 Å². The number of methoxy groups -OCH3 is 2. The van der Waals surface area contributed by atoms with Crippen molar-refractivity contribution in [2.45, 2.75) is 13.0 Å². The van der Waals surface area contributed by atoms with E-state index in [0.29, 0.717) is 32.7 Å². The van der Waals surface area contributed by atoms with Crippen molar-refractivity contribution in [1.82, 2.24) is 19.7 Å². The van der Waals surface area contributed by atoms with Gasteiger partial charge in [-0.05, 0) is 35.7 Å². The molecule has 0 fully saturated rings. The summed E-state index contributed by atoms with van der Waals surface area (Å²) in [4.78, 5) is 34.2. The Labute approximate surface area is 201 Å². The molecule has 0 atom stereocenters. The van der Waals surface area contributed by atoms with Crippen molar-refractivity contribution in [2.24, 2.45) is 0 Å². The van der Waals surface area contributed by atoms with Gasteiger partial charge in [0.25, 0.3) is 0 Å². The lowest BCUT2D eigenvalue weighted by atomic mass is 10.1. The van der Waals surface area contributed by atoms with E-state index >= 15 is 0 Å². The number of benzene rings is 2. The van der Waals surface area contributed by atoms with Crippen molar-refractivity contribution in [3.63, 3.8) is 0 Å². The van der Waals surface area contributed by atoms with E-state index < -0.39 is 0 Å². The van der Waals surface area contributed by atoms with E-state index in [1.807, 2.05) is 53.6 Å². The van der Waals surface area contributed by atoms with Gasteiger partial charge in [-0.1, -0.05) is 30.3 Å². The van der Waals surface area contributed by atoms with Crippen LogP contribution >= 0.6 is 0 Å². The number of para-hydroxylation sites is 1. The van der Waals surface area contributed by atoms with Crippen molar-refractivity contribution in [2.75, 3.05) is 54.6 Å². The number of amides is 3. The summed E-state index contributed by atoms with van der Waals surface area (Å²) in [5.41, 5.74) is 3.23. The summed E-state index contributed by atoms with van der Waals surface area (Å²) in [5, 5.41) is 1.16. The van der Waals surface area contributed by atoms with Gasteiger partial charge in [0.2, 0.25) is 5.91 Å². The standard InChI is InChI=1S/C26H34N4O4/c1-28(2)26(32)30(15-16-33-3)19-25(31)29(18-20-9-11-22(34-4)12-10-20)14-13-21-17-27-24-8-6-5-7-23(21)24/h5-12,17,27H,13-16,18-19H2,1-4H3. The average molecular weight is 467 g/mol. The topological polar surface area (TPSA) is 78.1 Å². The molecular weight excluding hydrogens is 432 g/mol. The molecule has 0 aliphatic heterocycles. The number of hydrogen-bond donors (Lipinski definition) is 1. The third-order valence-electron chi connectivity index (χ3n) is 5.76. The van der Waals surface area contributed by atoms with Crippen LogP contribution in [0.1, 0.15) is 11.1 Å². The van der Waals surface area contributed by atoms with Crippen LogP contribution in [0.25, 0.3) is 10.9 Å². The first-order chi connectivity index (χ1) is 16.4. The Morgan fingerprint density at radius 1 is 0.941 bits per heavy atom. The van der Waals surface area contributed by atoms with E-state index in [1.54, 1.807) is 28.3 Å². The minimum atomic E-state index is -0.216. The molecule has 1 aromatic heterocycles. The van der Waals surface area contributed by atoms with Crippen LogP contribution in [0.5, 0.6) is 5.75 Å². The van der Waals surface area contributed by atoms with Crippen molar-refractivity contribution >= 4 is 22.8 Å². The molecule has 0 spiro atoms. The monoisotopic (exact) mass is 466 g/mol. The number of carbonyl (C=O) groups excluding carboxylic acids is 2. The van der Waals surface area contributed by atoms with Gasteiger partial charge in [0.15, 0.2) is 0 Å². The Balaban J connectivity index is 1.78. The van der Waals surface area contributed by atoms with Gasteiger partial charge < -0.3 is 29.2 Å². The smallest absolute Gasteiger partial charge is 0.320 e. The zero-order valence-electron chi connectivity index (χ0n) is 20.4. The summed E-state index contributed by atoms with van der Waals surface area (Å²) in [6, 6.07) is 15.6. The third kappa shape index (κ3) is 6.51. The molecule has 182 valence electrons. The maximum Gasteiger partial charge on any atom is 0.320 e. The molecule has 3 rings (SSSR count). The Kier molecular flexibility index (Phi) is 8.93. The lowest BCUT2D eigenvalue weighted by molar-refractivity contribution is -0.132. The largest absolute Gasteiger partial charge is 0.497 e. The summed E-state index contributed by atoms with van der Waals surface area (Å²) < 4.78 is 10.4. The minimum Gasteiger partial charge on any atom is -0.497 e. The maximum absolute atomic E-state index is 13.4. The highest BCUT2D eigenvalue weighted by Crippen LogP contribution is 2.19. The number of rotatable bonds is 11. The first-order valence-corrected chi connectivity index (χ1v) is 11.3. The van der Waals surface area contributed by atoms with Crippen LogP contribution in [-0.4, -0.2) is 86.2 Å². The molecule has 34 heavy (non-hydrogen) atoms. The SMILES string of the molecule is COCCN(CC(=O)N(CCc1c[nH]c2ccccc12)Cc1ccc(OC)cc1)C(=O)N(C)C. The van der Waals surface area contributed by atoms with Crippen LogP contribution in [0.2, 0.25) is 0 Å². The predicted octanol–water partition coefficient (Wildman–Crippen LogP) is 3.38. The molecule has 0 aliphatic carbocycles. The second-order valence-corrected chi connectivity index (χ2v) is 8.36. The number of carbonyl (C=O) groups is 2. The molecule has 1 N–H and O–H groups in total. The lowest BCUT2D eigenvalue weighted by Gasteiger charge is -2.29. The molecule has 1 heterocycles. The molecule has 0 unspecified atom stereocenters. The number of ether oxygens (including phenoxy) is 2. The fraction of sp³-hybridized carbons (Fsp3) is 0.385. The third-order valence-corrected chi connectivity index (χ3v) is 5.76. The molecule has 0 bridgehead atoms. The number of nitrogens with zero attached hydrogens (tertiary/aromatic N) is 3. The normalized spacial score (nSPS) is 10.8. The Morgan fingerprint density at radius 2 is 1.68 bits per heavy atom. The predicted molar refractivity (Wildman–Crippen MR) is 133 cm³/mol. The van der Waals surface area contributed by atoms with Crippen LogP contribution in [-0.2, 0) is 22.5 Å². The molecule has 2 aromatic carbocycles. The fourth-order valence-corrected chi connectivity index (χ4v) is 3.83. The van der Waals surface area contributed by atoms with E-state index in [2.05, 4.69) is 11.1 Å². The second-order valence-electron chi connectivity index (χ2n) is 8.36. The Bertz CT molecular complexity index is 1080. The van der Waals surface area contributed by atoms with Gasteiger partial charge in [0.05, 0.1) is 13.7 Å². The maximum atomic E-state index is 13.4. The van der Waals surface area contributed by atoms with Gasteiger partial charge in [0.1, 0.15) is 12.3 Å². The van der Waals surface area contributed by atoms with Crippen LogP contribution in [0, 0.1) is 0 Å². The Morgan fingerprint density at radius 3 is 2.35 bits per heavy atom. The van der Waals surface area contributed by atoms with Crippen molar-refractivity contribution in [3.05, 3.63) is 65.9 Å². The van der Waals surface area contributed by atoms with Crippen LogP contribution in [0.15, 0.2) is 54.7 Å². The zero-order chi connectivity index (χ0) is 24.5. The number of hydrogen-bond acceptors (Lipinski definition) is 4. The van der Waals surface area contributed by atoms with Gasteiger partial charge in [-0.25, -0.2) is 4.79 Å². The van der Waals surface area contributed by atoms with E-state index in [9.17, 15) is 9.59 Å².